The Morgan fingerprint density at radius 2 is 1.83 bits per heavy atom. The third kappa shape index (κ3) is 5.40. The maximum atomic E-state index is 12.8. The van der Waals surface area contributed by atoms with Crippen molar-refractivity contribution in [3.8, 4) is 5.75 Å². The van der Waals surface area contributed by atoms with Crippen LogP contribution in [-0.4, -0.2) is 44.9 Å². The van der Waals surface area contributed by atoms with Gasteiger partial charge in [0.1, 0.15) is 12.4 Å². The lowest BCUT2D eigenvalue weighted by atomic mass is 9.99. The number of nitrogens with zero attached hydrogens (tertiary/aromatic N) is 1. The van der Waals surface area contributed by atoms with Crippen LogP contribution in [-0.2, 0) is 14.8 Å². The van der Waals surface area contributed by atoms with Gasteiger partial charge in [0.15, 0.2) is 0 Å². The quantitative estimate of drug-likeness (QED) is 0.651. The molecule has 0 aliphatic carbocycles. The highest BCUT2D eigenvalue weighted by molar-refractivity contribution is 7.89. The summed E-state index contributed by atoms with van der Waals surface area (Å²) in [5.41, 5.74) is 1.14. The van der Waals surface area contributed by atoms with Gasteiger partial charge >= 0.3 is 0 Å². The summed E-state index contributed by atoms with van der Waals surface area (Å²) >= 11 is 0. The molecule has 1 fully saturated rings. The van der Waals surface area contributed by atoms with Crippen LogP contribution in [0.5, 0.6) is 5.75 Å². The number of amides is 1. The van der Waals surface area contributed by atoms with Crippen molar-refractivity contribution >= 4 is 15.9 Å². The van der Waals surface area contributed by atoms with E-state index >= 15 is 0 Å². The molecule has 0 radical (unpaired) electrons. The van der Waals surface area contributed by atoms with Crippen molar-refractivity contribution in [2.45, 2.75) is 37.5 Å². The molecule has 0 saturated carbocycles. The first kappa shape index (κ1) is 22.3. The number of rotatable bonds is 8. The van der Waals surface area contributed by atoms with E-state index in [4.69, 9.17) is 4.74 Å². The Bertz CT molecular complexity index is 945. The summed E-state index contributed by atoms with van der Waals surface area (Å²) < 4.78 is 32.9. The van der Waals surface area contributed by atoms with Gasteiger partial charge in [-0.15, -0.1) is 0 Å². The maximum Gasteiger partial charge on any atom is 0.243 e. The predicted octanol–water partition coefficient (Wildman–Crippen LogP) is 3.41. The molecule has 1 aliphatic rings. The number of ether oxygens (including phenoxy) is 1. The zero-order valence-corrected chi connectivity index (χ0v) is 18.4. The van der Waals surface area contributed by atoms with Crippen molar-refractivity contribution in [2.75, 3.05) is 26.2 Å². The Morgan fingerprint density at radius 3 is 2.57 bits per heavy atom. The Balaban J connectivity index is 1.51. The minimum absolute atomic E-state index is 0.122. The molecule has 3 rings (SSSR count). The number of para-hydroxylation sites is 1. The Hall–Kier alpha value is -2.38. The number of nitrogens with one attached hydrogen (secondary N) is 1. The van der Waals surface area contributed by atoms with Crippen molar-refractivity contribution in [3.63, 3.8) is 0 Å². The third-order valence-electron chi connectivity index (χ3n) is 5.34. The summed E-state index contributed by atoms with van der Waals surface area (Å²) in [6.07, 6.45) is 1.35. The van der Waals surface area contributed by atoms with Crippen molar-refractivity contribution < 1.29 is 17.9 Å². The van der Waals surface area contributed by atoms with Crippen LogP contribution < -0.4 is 10.1 Å². The van der Waals surface area contributed by atoms with E-state index in [1.807, 2.05) is 24.3 Å². The highest BCUT2D eigenvalue weighted by Gasteiger charge is 2.33. The minimum atomic E-state index is -3.57. The van der Waals surface area contributed by atoms with Gasteiger partial charge in [-0.2, -0.15) is 4.31 Å². The number of hydrogen-bond donors (Lipinski definition) is 1. The van der Waals surface area contributed by atoms with Crippen LogP contribution in [0.3, 0.4) is 0 Å². The predicted molar refractivity (Wildman–Crippen MR) is 117 cm³/mol. The maximum absolute atomic E-state index is 12.8. The molecule has 1 N–H and O–H groups in total. The van der Waals surface area contributed by atoms with Gasteiger partial charge in [-0.05, 0) is 42.5 Å². The standard InChI is InChI=1S/C23H30N2O4S/c1-18(2)21-12-6-7-13-22(21)29-16-14-24-23(26)19-9-8-15-25(17-19)30(27,28)20-10-4-3-5-11-20/h3-7,10-13,18-19H,8-9,14-17H2,1-2H3,(H,24,26)/t19-/m0/s1. The third-order valence-corrected chi connectivity index (χ3v) is 7.22. The summed E-state index contributed by atoms with van der Waals surface area (Å²) in [5.74, 6) is 0.721. The van der Waals surface area contributed by atoms with Gasteiger partial charge in [-0.3, -0.25) is 4.79 Å². The second-order valence-corrected chi connectivity index (χ2v) is 9.79. The summed E-state index contributed by atoms with van der Waals surface area (Å²) in [4.78, 5) is 12.9. The molecule has 0 unspecified atom stereocenters. The van der Waals surface area contributed by atoms with Crippen LogP contribution in [0.4, 0.5) is 0 Å². The van der Waals surface area contributed by atoms with Crippen molar-refractivity contribution in [2.24, 2.45) is 5.92 Å². The SMILES string of the molecule is CC(C)c1ccccc1OCCNC(=O)[C@H]1CCCN(S(=O)(=O)c2ccccc2)C1. The molecular formula is C23H30N2O4S. The lowest BCUT2D eigenvalue weighted by Gasteiger charge is -2.31. The molecule has 0 bridgehead atoms. The van der Waals surface area contributed by atoms with Crippen LogP contribution >= 0.6 is 0 Å². The molecule has 0 spiro atoms. The molecule has 1 heterocycles. The topological polar surface area (TPSA) is 75.7 Å². The fourth-order valence-electron chi connectivity index (χ4n) is 3.68. The molecule has 162 valence electrons. The molecular weight excluding hydrogens is 400 g/mol. The average molecular weight is 431 g/mol. The second kappa shape index (κ2) is 10.1. The van der Waals surface area contributed by atoms with E-state index in [-0.39, 0.29) is 23.3 Å². The average Bonchev–Trinajstić information content (AvgIpc) is 2.77. The van der Waals surface area contributed by atoms with E-state index in [0.29, 0.717) is 38.5 Å². The van der Waals surface area contributed by atoms with Gasteiger partial charge in [0.2, 0.25) is 15.9 Å². The highest BCUT2D eigenvalue weighted by atomic mass is 32.2. The van der Waals surface area contributed by atoms with Gasteiger partial charge in [0.05, 0.1) is 17.4 Å². The van der Waals surface area contributed by atoms with Crippen molar-refractivity contribution in [3.05, 3.63) is 60.2 Å². The van der Waals surface area contributed by atoms with Crippen LogP contribution in [0.1, 0.15) is 38.2 Å². The lowest BCUT2D eigenvalue weighted by Crippen LogP contribution is -2.45. The van der Waals surface area contributed by atoms with E-state index in [1.165, 1.54) is 4.31 Å². The summed E-state index contributed by atoms with van der Waals surface area (Å²) in [6, 6.07) is 16.3. The first-order chi connectivity index (χ1) is 14.4. The lowest BCUT2D eigenvalue weighted by molar-refractivity contribution is -0.126. The fourth-order valence-corrected chi connectivity index (χ4v) is 5.23. The fraction of sp³-hybridized carbons (Fsp3) is 0.435. The number of hydrogen-bond acceptors (Lipinski definition) is 4. The molecule has 30 heavy (non-hydrogen) atoms. The van der Waals surface area contributed by atoms with E-state index in [1.54, 1.807) is 30.3 Å². The smallest absolute Gasteiger partial charge is 0.243 e. The Morgan fingerprint density at radius 1 is 1.13 bits per heavy atom. The Labute approximate surface area is 179 Å². The summed E-state index contributed by atoms with van der Waals surface area (Å²) in [6.45, 7) is 5.63. The molecule has 0 aromatic heterocycles. The zero-order chi connectivity index (χ0) is 21.6. The molecule has 1 atom stereocenters. The Kier molecular flexibility index (Phi) is 7.50. The molecule has 1 aliphatic heterocycles. The zero-order valence-electron chi connectivity index (χ0n) is 17.6. The van der Waals surface area contributed by atoms with Crippen LogP contribution in [0.15, 0.2) is 59.5 Å². The van der Waals surface area contributed by atoms with Gasteiger partial charge in [0.25, 0.3) is 0 Å². The normalized spacial score (nSPS) is 17.6. The number of sulfonamides is 1. The highest BCUT2D eigenvalue weighted by Crippen LogP contribution is 2.26. The summed E-state index contributed by atoms with van der Waals surface area (Å²) in [7, 11) is -3.57. The van der Waals surface area contributed by atoms with Gasteiger partial charge in [-0.1, -0.05) is 50.2 Å². The van der Waals surface area contributed by atoms with Gasteiger partial charge in [-0.25, -0.2) is 8.42 Å². The molecule has 7 heteroatoms. The molecule has 2 aromatic rings. The van der Waals surface area contributed by atoms with Crippen LogP contribution in [0.2, 0.25) is 0 Å². The van der Waals surface area contributed by atoms with Crippen LogP contribution in [0.25, 0.3) is 0 Å². The minimum Gasteiger partial charge on any atom is -0.491 e. The van der Waals surface area contributed by atoms with Crippen molar-refractivity contribution in [1.29, 1.82) is 0 Å². The number of benzene rings is 2. The summed E-state index contributed by atoms with van der Waals surface area (Å²) in [5, 5.41) is 2.90. The van der Waals surface area contributed by atoms with E-state index in [0.717, 1.165) is 11.3 Å². The first-order valence-electron chi connectivity index (χ1n) is 10.4. The van der Waals surface area contributed by atoms with E-state index in [2.05, 4.69) is 19.2 Å². The van der Waals surface area contributed by atoms with Gasteiger partial charge in [0, 0.05) is 13.1 Å². The first-order valence-corrected chi connectivity index (χ1v) is 11.9. The second-order valence-electron chi connectivity index (χ2n) is 7.85. The molecule has 1 amide bonds. The van der Waals surface area contributed by atoms with E-state index in [9.17, 15) is 13.2 Å². The van der Waals surface area contributed by atoms with Crippen molar-refractivity contribution in [1.82, 2.24) is 9.62 Å². The molecule has 6 nitrogen and oxygen atoms in total. The number of carbonyl (C=O) groups is 1. The van der Waals surface area contributed by atoms with E-state index < -0.39 is 10.0 Å². The monoisotopic (exact) mass is 430 g/mol. The largest absolute Gasteiger partial charge is 0.491 e. The number of piperidine rings is 1. The molecule has 2 aromatic carbocycles. The van der Waals surface area contributed by atoms with Crippen LogP contribution in [0, 0.1) is 5.92 Å². The molecule has 1 saturated heterocycles. The van der Waals surface area contributed by atoms with Gasteiger partial charge < -0.3 is 10.1 Å². The number of carbonyl (C=O) groups excluding carboxylic acids is 1.